The number of benzene rings is 2. The van der Waals surface area contributed by atoms with Crippen molar-refractivity contribution in [1.29, 1.82) is 0 Å². The zero-order valence-electron chi connectivity index (χ0n) is 12.6. The van der Waals surface area contributed by atoms with Crippen molar-refractivity contribution in [3.63, 3.8) is 0 Å². The van der Waals surface area contributed by atoms with E-state index in [2.05, 4.69) is 54.6 Å². The van der Waals surface area contributed by atoms with Crippen LogP contribution < -0.4 is 4.74 Å². The molecule has 0 N–H and O–H groups in total. The van der Waals surface area contributed by atoms with Gasteiger partial charge in [0.15, 0.2) is 0 Å². The van der Waals surface area contributed by atoms with Crippen LogP contribution in [0.5, 0.6) is 5.75 Å². The third-order valence-electron chi connectivity index (χ3n) is 4.32. The molecule has 0 bridgehead atoms. The molecule has 3 rings (SSSR count). The molecule has 1 heteroatoms. The Labute approximate surface area is 128 Å². The van der Waals surface area contributed by atoms with E-state index in [0.717, 1.165) is 18.6 Å². The summed E-state index contributed by atoms with van der Waals surface area (Å²) in [6.07, 6.45) is 9.08. The lowest BCUT2D eigenvalue weighted by molar-refractivity contribution is 0.155. The maximum absolute atomic E-state index is 6.07. The van der Waals surface area contributed by atoms with Crippen LogP contribution >= 0.6 is 0 Å². The topological polar surface area (TPSA) is 9.23 Å². The smallest absolute Gasteiger partial charge is 0.119 e. The second-order valence-corrected chi connectivity index (χ2v) is 6.01. The highest BCUT2D eigenvalue weighted by Gasteiger charge is 2.14. The molecule has 2 aromatic rings. The average Bonchev–Trinajstić information content (AvgIpc) is 2.56. The van der Waals surface area contributed by atoms with Gasteiger partial charge in [0.05, 0.1) is 6.10 Å². The Hall–Kier alpha value is -1.76. The normalized spacial score (nSPS) is 15.8. The molecule has 1 aliphatic rings. The van der Waals surface area contributed by atoms with E-state index in [9.17, 15) is 0 Å². The van der Waals surface area contributed by atoms with E-state index >= 15 is 0 Å². The number of ether oxygens (including phenoxy) is 1. The van der Waals surface area contributed by atoms with Crippen molar-refractivity contribution in [3.8, 4) is 5.75 Å². The summed E-state index contributed by atoms with van der Waals surface area (Å²) in [6.45, 7) is 0. The Bertz CT molecular complexity index is 524. The highest BCUT2D eigenvalue weighted by atomic mass is 16.5. The molecule has 0 radical (unpaired) electrons. The van der Waals surface area contributed by atoms with Gasteiger partial charge in [0.1, 0.15) is 5.75 Å². The molecule has 0 saturated heterocycles. The van der Waals surface area contributed by atoms with Crippen LogP contribution in [0.25, 0.3) is 0 Å². The first-order valence-electron chi connectivity index (χ1n) is 8.20. The minimum atomic E-state index is 0.439. The maximum atomic E-state index is 6.07. The third-order valence-corrected chi connectivity index (χ3v) is 4.32. The molecule has 0 heterocycles. The molecule has 0 unspecified atom stereocenters. The first kappa shape index (κ1) is 14.2. The van der Waals surface area contributed by atoms with Crippen LogP contribution in [0.2, 0.25) is 0 Å². The quantitative estimate of drug-likeness (QED) is 0.733. The van der Waals surface area contributed by atoms with Gasteiger partial charge in [0, 0.05) is 0 Å². The highest BCUT2D eigenvalue weighted by molar-refractivity contribution is 5.28. The predicted molar refractivity (Wildman–Crippen MR) is 87.8 cm³/mol. The Morgan fingerprint density at radius 3 is 2.00 bits per heavy atom. The lowest BCUT2D eigenvalue weighted by Crippen LogP contribution is -2.19. The lowest BCUT2D eigenvalue weighted by Gasteiger charge is -2.23. The molecule has 0 spiro atoms. The molecule has 110 valence electrons. The standard InChI is InChI=1S/C20H24O/c1-3-7-17(8-4-1)11-12-18-13-15-20(16-14-18)21-19-9-5-2-6-10-19/h1,3-4,7-8,13-16,19H,2,5-6,9-12H2. The number of hydrogen-bond donors (Lipinski definition) is 0. The molecule has 21 heavy (non-hydrogen) atoms. The van der Waals surface area contributed by atoms with Crippen molar-refractivity contribution in [2.45, 2.75) is 51.0 Å². The number of rotatable bonds is 5. The Kier molecular flexibility index (Phi) is 4.94. The summed E-state index contributed by atoms with van der Waals surface area (Å²) in [5.41, 5.74) is 2.79. The molecular formula is C20H24O. The van der Waals surface area contributed by atoms with Gasteiger partial charge in [-0.05, 0) is 61.8 Å². The van der Waals surface area contributed by atoms with Crippen molar-refractivity contribution in [2.75, 3.05) is 0 Å². The van der Waals surface area contributed by atoms with Crippen LogP contribution in [0.4, 0.5) is 0 Å². The minimum absolute atomic E-state index is 0.439. The van der Waals surface area contributed by atoms with Crippen LogP contribution in [0.15, 0.2) is 54.6 Å². The van der Waals surface area contributed by atoms with Gasteiger partial charge >= 0.3 is 0 Å². The monoisotopic (exact) mass is 280 g/mol. The molecule has 1 nitrogen and oxygen atoms in total. The Balaban J connectivity index is 1.51. The lowest BCUT2D eigenvalue weighted by atomic mass is 9.98. The van der Waals surface area contributed by atoms with Gasteiger partial charge < -0.3 is 4.74 Å². The van der Waals surface area contributed by atoms with Crippen molar-refractivity contribution in [3.05, 3.63) is 65.7 Å². The average molecular weight is 280 g/mol. The fourth-order valence-corrected chi connectivity index (χ4v) is 3.04. The zero-order chi connectivity index (χ0) is 14.3. The van der Waals surface area contributed by atoms with E-state index in [1.54, 1.807) is 0 Å². The molecule has 1 fully saturated rings. The summed E-state index contributed by atoms with van der Waals surface area (Å²) in [6, 6.07) is 19.4. The largest absolute Gasteiger partial charge is 0.490 e. The van der Waals surface area contributed by atoms with E-state index in [1.165, 1.54) is 43.2 Å². The van der Waals surface area contributed by atoms with Gasteiger partial charge in [-0.1, -0.05) is 48.9 Å². The van der Waals surface area contributed by atoms with Gasteiger partial charge in [-0.3, -0.25) is 0 Å². The first-order chi connectivity index (χ1) is 10.4. The zero-order valence-corrected chi connectivity index (χ0v) is 12.6. The fraction of sp³-hybridized carbons (Fsp3) is 0.400. The molecule has 0 aromatic heterocycles. The number of aryl methyl sites for hydroxylation is 2. The molecule has 1 aliphatic carbocycles. The molecular weight excluding hydrogens is 256 g/mol. The van der Waals surface area contributed by atoms with Crippen molar-refractivity contribution in [2.24, 2.45) is 0 Å². The Morgan fingerprint density at radius 1 is 0.714 bits per heavy atom. The summed E-state index contributed by atoms with van der Waals surface area (Å²) in [5.74, 6) is 1.03. The number of hydrogen-bond acceptors (Lipinski definition) is 1. The molecule has 2 aromatic carbocycles. The van der Waals surface area contributed by atoms with E-state index in [0.29, 0.717) is 6.10 Å². The summed E-state index contributed by atoms with van der Waals surface area (Å²) < 4.78 is 6.07. The van der Waals surface area contributed by atoms with Crippen molar-refractivity contribution >= 4 is 0 Å². The van der Waals surface area contributed by atoms with Gasteiger partial charge in [-0.25, -0.2) is 0 Å². The minimum Gasteiger partial charge on any atom is -0.490 e. The van der Waals surface area contributed by atoms with E-state index < -0.39 is 0 Å². The molecule has 0 atom stereocenters. The van der Waals surface area contributed by atoms with Crippen molar-refractivity contribution in [1.82, 2.24) is 0 Å². The van der Waals surface area contributed by atoms with E-state index in [4.69, 9.17) is 4.74 Å². The van der Waals surface area contributed by atoms with Gasteiger partial charge in [0.25, 0.3) is 0 Å². The van der Waals surface area contributed by atoms with Crippen LogP contribution in [0.1, 0.15) is 43.2 Å². The fourth-order valence-electron chi connectivity index (χ4n) is 3.04. The van der Waals surface area contributed by atoms with E-state index in [1.807, 2.05) is 0 Å². The predicted octanol–water partition coefficient (Wildman–Crippen LogP) is 5.18. The molecule has 0 amide bonds. The maximum Gasteiger partial charge on any atom is 0.119 e. The summed E-state index contributed by atoms with van der Waals surface area (Å²) in [5, 5.41) is 0. The molecule has 1 saturated carbocycles. The van der Waals surface area contributed by atoms with Crippen LogP contribution in [-0.4, -0.2) is 6.10 Å². The van der Waals surface area contributed by atoms with Crippen LogP contribution in [0, 0.1) is 0 Å². The van der Waals surface area contributed by atoms with E-state index in [-0.39, 0.29) is 0 Å². The highest BCUT2D eigenvalue weighted by Crippen LogP contribution is 2.23. The van der Waals surface area contributed by atoms with Crippen molar-refractivity contribution < 1.29 is 4.74 Å². The summed E-state index contributed by atoms with van der Waals surface area (Å²) in [7, 11) is 0. The third kappa shape index (κ3) is 4.35. The summed E-state index contributed by atoms with van der Waals surface area (Å²) in [4.78, 5) is 0. The Morgan fingerprint density at radius 2 is 1.33 bits per heavy atom. The summed E-state index contributed by atoms with van der Waals surface area (Å²) >= 11 is 0. The van der Waals surface area contributed by atoms with Gasteiger partial charge in [0.2, 0.25) is 0 Å². The van der Waals surface area contributed by atoms with Crippen LogP contribution in [0.3, 0.4) is 0 Å². The second-order valence-electron chi connectivity index (χ2n) is 6.01. The van der Waals surface area contributed by atoms with Gasteiger partial charge in [-0.2, -0.15) is 0 Å². The van der Waals surface area contributed by atoms with Crippen LogP contribution in [-0.2, 0) is 12.8 Å². The second kappa shape index (κ2) is 7.31. The van der Waals surface area contributed by atoms with Gasteiger partial charge in [-0.15, -0.1) is 0 Å². The molecule has 0 aliphatic heterocycles. The SMILES string of the molecule is c1ccc(CCc2ccc(OC3CCCCC3)cc2)cc1. The first-order valence-corrected chi connectivity index (χ1v) is 8.20.